The molecule has 0 saturated heterocycles. The fourth-order valence-electron chi connectivity index (χ4n) is 1.47. The van der Waals surface area contributed by atoms with Crippen LogP contribution in [0.2, 0.25) is 0 Å². The molecule has 1 aromatic rings. The molecule has 1 rings (SSSR count). The molecule has 0 radical (unpaired) electrons. The highest BCUT2D eigenvalue weighted by molar-refractivity contribution is 5.24. The van der Waals surface area contributed by atoms with Gasteiger partial charge >= 0.3 is 0 Å². The Hall–Kier alpha value is -0.930. The normalized spacial score (nSPS) is 10.7. The van der Waals surface area contributed by atoms with E-state index >= 15 is 0 Å². The average molecular weight is 225 g/mol. The second-order valence-electron chi connectivity index (χ2n) is 3.74. The third-order valence-electron chi connectivity index (χ3n) is 2.33. The van der Waals surface area contributed by atoms with Crippen molar-refractivity contribution in [1.82, 2.24) is 5.32 Å². The van der Waals surface area contributed by atoms with Gasteiger partial charge in [-0.25, -0.2) is 4.39 Å². The van der Waals surface area contributed by atoms with Crippen LogP contribution in [0.15, 0.2) is 18.2 Å². The summed E-state index contributed by atoms with van der Waals surface area (Å²) < 4.78 is 18.6. The van der Waals surface area contributed by atoms with Gasteiger partial charge in [-0.1, -0.05) is 13.0 Å². The molecule has 2 nitrogen and oxygen atoms in total. The Bertz CT molecular complexity index is 315. The summed E-state index contributed by atoms with van der Waals surface area (Å²) in [5, 5.41) is 3.29. The lowest BCUT2D eigenvalue weighted by Gasteiger charge is -2.07. The zero-order chi connectivity index (χ0) is 11.8. The molecule has 0 saturated carbocycles. The fraction of sp³-hybridized carbons (Fsp3) is 0.538. The molecule has 0 heterocycles. The van der Waals surface area contributed by atoms with E-state index in [1.165, 1.54) is 6.07 Å². The molecule has 0 spiro atoms. The molecule has 0 bridgehead atoms. The molecular formula is C13H20FNO. The Labute approximate surface area is 96.8 Å². The average Bonchev–Trinajstić information content (AvgIpc) is 2.30. The summed E-state index contributed by atoms with van der Waals surface area (Å²) in [4.78, 5) is 0. The SMILES string of the molecule is CCCNCc1ccc(F)c(COCC)c1. The summed E-state index contributed by atoms with van der Waals surface area (Å²) in [5.41, 5.74) is 1.74. The smallest absolute Gasteiger partial charge is 0.128 e. The highest BCUT2D eigenvalue weighted by Gasteiger charge is 2.03. The third kappa shape index (κ3) is 4.29. The Morgan fingerprint density at radius 1 is 1.31 bits per heavy atom. The van der Waals surface area contributed by atoms with Gasteiger partial charge < -0.3 is 10.1 Å². The van der Waals surface area contributed by atoms with Crippen LogP contribution in [0.4, 0.5) is 4.39 Å². The molecule has 1 N–H and O–H groups in total. The number of ether oxygens (including phenoxy) is 1. The minimum Gasteiger partial charge on any atom is -0.377 e. The van der Waals surface area contributed by atoms with Crippen molar-refractivity contribution < 1.29 is 9.13 Å². The minimum absolute atomic E-state index is 0.187. The van der Waals surface area contributed by atoms with Gasteiger partial charge in [0, 0.05) is 18.7 Å². The van der Waals surface area contributed by atoms with E-state index in [2.05, 4.69) is 12.2 Å². The van der Waals surface area contributed by atoms with E-state index in [0.29, 0.717) is 18.8 Å². The molecule has 0 atom stereocenters. The predicted molar refractivity (Wildman–Crippen MR) is 63.7 cm³/mol. The maximum Gasteiger partial charge on any atom is 0.128 e. The van der Waals surface area contributed by atoms with Crippen molar-refractivity contribution in [2.45, 2.75) is 33.4 Å². The standard InChI is InChI=1S/C13H20FNO/c1-3-7-15-9-11-5-6-13(14)12(8-11)10-16-4-2/h5-6,8,15H,3-4,7,9-10H2,1-2H3. The van der Waals surface area contributed by atoms with Crippen LogP contribution in [0.3, 0.4) is 0 Å². The van der Waals surface area contributed by atoms with E-state index in [1.54, 1.807) is 0 Å². The van der Waals surface area contributed by atoms with Crippen LogP contribution in [0, 0.1) is 5.82 Å². The Morgan fingerprint density at radius 2 is 2.12 bits per heavy atom. The number of halogens is 1. The van der Waals surface area contributed by atoms with Crippen molar-refractivity contribution in [2.75, 3.05) is 13.2 Å². The van der Waals surface area contributed by atoms with Gasteiger partial charge in [0.15, 0.2) is 0 Å². The topological polar surface area (TPSA) is 21.3 Å². The lowest BCUT2D eigenvalue weighted by Crippen LogP contribution is -2.14. The molecule has 0 aliphatic rings. The third-order valence-corrected chi connectivity index (χ3v) is 2.33. The van der Waals surface area contributed by atoms with Crippen molar-refractivity contribution in [2.24, 2.45) is 0 Å². The summed E-state index contributed by atoms with van der Waals surface area (Å²) in [7, 11) is 0. The molecular weight excluding hydrogens is 205 g/mol. The van der Waals surface area contributed by atoms with Gasteiger partial charge in [0.2, 0.25) is 0 Å². The van der Waals surface area contributed by atoms with Crippen LogP contribution >= 0.6 is 0 Å². The zero-order valence-corrected chi connectivity index (χ0v) is 10.1. The molecule has 0 aromatic heterocycles. The van der Waals surface area contributed by atoms with Crippen LogP contribution in [-0.2, 0) is 17.9 Å². The van der Waals surface area contributed by atoms with Gasteiger partial charge in [0.25, 0.3) is 0 Å². The van der Waals surface area contributed by atoms with E-state index in [-0.39, 0.29) is 5.82 Å². The van der Waals surface area contributed by atoms with Crippen molar-refractivity contribution in [1.29, 1.82) is 0 Å². The van der Waals surface area contributed by atoms with E-state index in [9.17, 15) is 4.39 Å². The van der Waals surface area contributed by atoms with Crippen molar-refractivity contribution in [3.05, 3.63) is 35.1 Å². The van der Waals surface area contributed by atoms with Crippen LogP contribution in [-0.4, -0.2) is 13.2 Å². The van der Waals surface area contributed by atoms with Gasteiger partial charge in [0.05, 0.1) is 6.61 Å². The van der Waals surface area contributed by atoms with Crippen molar-refractivity contribution >= 4 is 0 Å². The van der Waals surface area contributed by atoms with E-state index in [4.69, 9.17) is 4.74 Å². The van der Waals surface area contributed by atoms with Gasteiger partial charge in [-0.2, -0.15) is 0 Å². The number of benzene rings is 1. The largest absolute Gasteiger partial charge is 0.377 e. The number of hydrogen-bond donors (Lipinski definition) is 1. The monoisotopic (exact) mass is 225 g/mol. The minimum atomic E-state index is -0.187. The molecule has 0 fully saturated rings. The van der Waals surface area contributed by atoms with Crippen molar-refractivity contribution in [3.63, 3.8) is 0 Å². The molecule has 16 heavy (non-hydrogen) atoms. The molecule has 3 heteroatoms. The first-order valence-electron chi connectivity index (χ1n) is 5.83. The Kier molecular flexibility index (Phi) is 6.04. The number of hydrogen-bond acceptors (Lipinski definition) is 2. The molecule has 90 valence electrons. The van der Waals surface area contributed by atoms with Gasteiger partial charge in [-0.15, -0.1) is 0 Å². The van der Waals surface area contributed by atoms with E-state index in [1.807, 2.05) is 19.1 Å². The van der Waals surface area contributed by atoms with Crippen LogP contribution in [0.1, 0.15) is 31.4 Å². The van der Waals surface area contributed by atoms with Crippen LogP contribution in [0.5, 0.6) is 0 Å². The summed E-state index contributed by atoms with van der Waals surface area (Å²) in [6.45, 7) is 6.76. The maximum atomic E-state index is 13.4. The first-order valence-corrected chi connectivity index (χ1v) is 5.83. The summed E-state index contributed by atoms with van der Waals surface area (Å²) in [6, 6.07) is 5.19. The quantitative estimate of drug-likeness (QED) is 0.720. The van der Waals surface area contributed by atoms with E-state index < -0.39 is 0 Å². The van der Waals surface area contributed by atoms with Crippen LogP contribution < -0.4 is 5.32 Å². The maximum absolute atomic E-state index is 13.4. The number of nitrogens with one attached hydrogen (secondary N) is 1. The summed E-state index contributed by atoms with van der Waals surface area (Å²) in [5.74, 6) is -0.187. The molecule has 0 amide bonds. The second-order valence-corrected chi connectivity index (χ2v) is 3.74. The van der Waals surface area contributed by atoms with Gasteiger partial charge in [0.1, 0.15) is 5.82 Å². The summed E-state index contributed by atoms with van der Waals surface area (Å²) >= 11 is 0. The highest BCUT2D eigenvalue weighted by atomic mass is 19.1. The summed E-state index contributed by atoms with van der Waals surface area (Å²) in [6.07, 6.45) is 1.10. The molecule has 1 aromatic carbocycles. The lowest BCUT2D eigenvalue weighted by atomic mass is 10.1. The molecule has 0 unspecified atom stereocenters. The predicted octanol–water partition coefficient (Wildman–Crippen LogP) is 2.86. The molecule has 0 aliphatic carbocycles. The van der Waals surface area contributed by atoms with Crippen molar-refractivity contribution in [3.8, 4) is 0 Å². The first-order chi connectivity index (χ1) is 7.77. The van der Waals surface area contributed by atoms with Crippen LogP contribution in [0.25, 0.3) is 0 Å². The lowest BCUT2D eigenvalue weighted by molar-refractivity contribution is 0.131. The molecule has 0 aliphatic heterocycles. The Morgan fingerprint density at radius 3 is 2.81 bits per heavy atom. The highest BCUT2D eigenvalue weighted by Crippen LogP contribution is 2.11. The first kappa shape index (κ1) is 13.1. The van der Waals surface area contributed by atoms with Gasteiger partial charge in [-0.3, -0.25) is 0 Å². The number of rotatable bonds is 7. The van der Waals surface area contributed by atoms with E-state index in [0.717, 1.165) is 25.1 Å². The Balaban J connectivity index is 2.58. The fourth-order valence-corrected chi connectivity index (χ4v) is 1.47. The van der Waals surface area contributed by atoms with Gasteiger partial charge in [-0.05, 0) is 37.6 Å². The second kappa shape index (κ2) is 7.36. The zero-order valence-electron chi connectivity index (χ0n) is 10.1.